The molecule has 1 aromatic rings. The smallest absolute Gasteiger partial charge is 0.329 e. The van der Waals surface area contributed by atoms with E-state index in [9.17, 15) is 9.59 Å². The molecule has 0 aromatic heterocycles. The first kappa shape index (κ1) is 17.2. The van der Waals surface area contributed by atoms with E-state index in [0.717, 1.165) is 5.69 Å². The van der Waals surface area contributed by atoms with Crippen LogP contribution in [0.5, 0.6) is 0 Å². The fourth-order valence-corrected chi connectivity index (χ4v) is 1.87. The summed E-state index contributed by atoms with van der Waals surface area (Å²) in [4.78, 5) is 23.7. The highest BCUT2D eigenvalue weighted by atomic mass is 16.6. The topological polar surface area (TPSA) is 55.4 Å². The molecule has 0 fully saturated rings. The maximum atomic E-state index is 12.3. The Morgan fingerprint density at radius 2 is 1.81 bits per heavy atom. The van der Waals surface area contributed by atoms with Gasteiger partial charge in [0.1, 0.15) is 11.6 Å². The molecule has 0 amide bonds. The third kappa shape index (κ3) is 5.58. The van der Waals surface area contributed by atoms with Crippen molar-refractivity contribution < 1.29 is 14.3 Å². The van der Waals surface area contributed by atoms with Gasteiger partial charge in [-0.1, -0.05) is 26.0 Å². The molecule has 0 aliphatic heterocycles. The summed E-state index contributed by atoms with van der Waals surface area (Å²) in [6.07, 6.45) is 0. The van der Waals surface area contributed by atoms with Crippen LogP contribution in [-0.2, 0) is 9.53 Å². The van der Waals surface area contributed by atoms with Gasteiger partial charge in [-0.25, -0.2) is 4.79 Å². The molecule has 0 spiro atoms. The van der Waals surface area contributed by atoms with Gasteiger partial charge in [-0.2, -0.15) is 0 Å². The summed E-state index contributed by atoms with van der Waals surface area (Å²) < 4.78 is 5.44. The summed E-state index contributed by atoms with van der Waals surface area (Å²) in [7, 11) is 0. The standard InChI is InChI=1S/C17H25NO3/c1-11(2)15(16(20)21-17(4,5)6)18-14-9-7-8-13(10-14)12(3)19/h7-11,15,18H,1-6H3/t15-/m0/s1. The van der Waals surface area contributed by atoms with Crippen molar-refractivity contribution >= 4 is 17.4 Å². The van der Waals surface area contributed by atoms with Crippen molar-refractivity contribution in [2.24, 2.45) is 5.92 Å². The van der Waals surface area contributed by atoms with E-state index in [1.807, 2.05) is 40.7 Å². The second kappa shape index (κ2) is 6.74. The highest BCUT2D eigenvalue weighted by Gasteiger charge is 2.27. The number of hydrogen-bond donors (Lipinski definition) is 1. The van der Waals surface area contributed by atoms with Crippen LogP contribution in [0.2, 0.25) is 0 Å². The summed E-state index contributed by atoms with van der Waals surface area (Å²) >= 11 is 0. The number of carbonyl (C=O) groups excluding carboxylic acids is 2. The van der Waals surface area contributed by atoms with Gasteiger partial charge < -0.3 is 10.1 Å². The average molecular weight is 291 g/mol. The number of nitrogens with one attached hydrogen (secondary N) is 1. The van der Waals surface area contributed by atoms with E-state index in [1.165, 1.54) is 6.92 Å². The lowest BCUT2D eigenvalue weighted by atomic mass is 10.0. The lowest BCUT2D eigenvalue weighted by molar-refractivity contribution is -0.156. The molecule has 116 valence electrons. The van der Waals surface area contributed by atoms with Gasteiger partial charge in [0.25, 0.3) is 0 Å². The number of ether oxygens (including phenoxy) is 1. The van der Waals surface area contributed by atoms with Crippen molar-refractivity contribution in [1.82, 2.24) is 0 Å². The van der Waals surface area contributed by atoms with Crippen LogP contribution in [0.1, 0.15) is 51.9 Å². The van der Waals surface area contributed by atoms with Crippen molar-refractivity contribution in [2.75, 3.05) is 5.32 Å². The monoisotopic (exact) mass is 291 g/mol. The maximum absolute atomic E-state index is 12.3. The first-order valence-corrected chi connectivity index (χ1v) is 7.20. The van der Waals surface area contributed by atoms with Crippen molar-refractivity contribution in [3.63, 3.8) is 0 Å². The highest BCUT2D eigenvalue weighted by molar-refractivity contribution is 5.95. The van der Waals surface area contributed by atoms with Gasteiger partial charge in [0.2, 0.25) is 0 Å². The van der Waals surface area contributed by atoms with Crippen LogP contribution >= 0.6 is 0 Å². The van der Waals surface area contributed by atoms with Crippen molar-refractivity contribution in [1.29, 1.82) is 0 Å². The molecule has 0 bridgehead atoms. The van der Waals surface area contributed by atoms with Crippen LogP contribution in [0, 0.1) is 5.92 Å². The van der Waals surface area contributed by atoms with Gasteiger partial charge in [-0.3, -0.25) is 4.79 Å². The van der Waals surface area contributed by atoms with Gasteiger partial charge in [-0.15, -0.1) is 0 Å². The van der Waals surface area contributed by atoms with Crippen molar-refractivity contribution in [3.05, 3.63) is 29.8 Å². The minimum Gasteiger partial charge on any atom is -0.458 e. The Labute approximate surface area is 126 Å². The summed E-state index contributed by atoms with van der Waals surface area (Å²) in [6, 6.07) is 6.69. The van der Waals surface area contributed by atoms with Gasteiger partial charge in [0.05, 0.1) is 0 Å². The number of carbonyl (C=O) groups is 2. The Bertz CT molecular complexity index is 515. The lowest BCUT2D eigenvalue weighted by Gasteiger charge is -2.27. The molecule has 4 heteroatoms. The lowest BCUT2D eigenvalue weighted by Crippen LogP contribution is -2.40. The summed E-state index contributed by atoms with van der Waals surface area (Å²) in [6.45, 7) is 11.0. The van der Waals surface area contributed by atoms with Crippen LogP contribution in [0.4, 0.5) is 5.69 Å². The molecule has 1 rings (SSSR count). The molecule has 1 N–H and O–H groups in total. The molecule has 0 heterocycles. The number of rotatable bonds is 5. The second-order valence-corrected chi connectivity index (χ2v) is 6.54. The molecule has 0 saturated heterocycles. The van der Waals surface area contributed by atoms with E-state index >= 15 is 0 Å². The van der Waals surface area contributed by atoms with Crippen LogP contribution in [-0.4, -0.2) is 23.4 Å². The summed E-state index contributed by atoms with van der Waals surface area (Å²) in [5.41, 5.74) is 0.839. The molecule has 0 saturated carbocycles. The zero-order valence-corrected chi connectivity index (χ0v) is 13.7. The van der Waals surface area contributed by atoms with Crippen molar-refractivity contribution in [2.45, 2.75) is 53.2 Å². The largest absolute Gasteiger partial charge is 0.458 e. The molecular formula is C17H25NO3. The van der Waals surface area contributed by atoms with Gasteiger partial charge in [0.15, 0.2) is 5.78 Å². The molecule has 4 nitrogen and oxygen atoms in total. The zero-order valence-electron chi connectivity index (χ0n) is 13.7. The molecule has 21 heavy (non-hydrogen) atoms. The van der Waals surface area contributed by atoms with Crippen LogP contribution < -0.4 is 5.32 Å². The number of ketones is 1. The van der Waals surface area contributed by atoms with Crippen LogP contribution in [0.3, 0.4) is 0 Å². The Hall–Kier alpha value is -1.84. The number of Topliss-reactive ketones (excluding diaryl/α,β-unsaturated/α-hetero) is 1. The minimum atomic E-state index is -0.521. The number of benzene rings is 1. The SMILES string of the molecule is CC(=O)c1cccc(N[C@H](C(=O)OC(C)(C)C)C(C)C)c1. The predicted octanol–water partition coefficient (Wildman–Crippen LogP) is 3.67. The van der Waals surface area contributed by atoms with Crippen LogP contribution in [0.15, 0.2) is 24.3 Å². The normalized spacial score (nSPS) is 12.9. The Balaban J connectivity index is 2.91. The molecule has 0 radical (unpaired) electrons. The molecule has 0 unspecified atom stereocenters. The highest BCUT2D eigenvalue weighted by Crippen LogP contribution is 2.18. The molecule has 0 aliphatic carbocycles. The predicted molar refractivity (Wildman–Crippen MR) is 84.5 cm³/mol. The molecule has 1 aromatic carbocycles. The molecule has 0 aliphatic rings. The van der Waals surface area contributed by atoms with Crippen molar-refractivity contribution in [3.8, 4) is 0 Å². The zero-order chi connectivity index (χ0) is 16.2. The number of esters is 1. The first-order valence-electron chi connectivity index (χ1n) is 7.20. The van der Waals surface area contributed by atoms with E-state index in [-0.39, 0.29) is 17.7 Å². The van der Waals surface area contributed by atoms with E-state index in [1.54, 1.807) is 18.2 Å². The Morgan fingerprint density at radius 3 is 2.29 bits per heavy atom. The minimum absolute atomic E-state index is 0.00276. The average Bonchev–Trinajstić information content (AvgIpc) is 2.33. The second-order valence-electron chi connectivity index (χ2n) is 6.54. The van der Waals surface area contributed by atoms with E-state index in [0.29, 0.717) is 5.56 Å². The van der Waals surface area contributed by atoms with Crippen LogP contribution in [0.25, 0.3) is 0 Å². The Morgan fingerprint density at radius 1 is 1.19 bits per heavy atom. The number of hydrogen-bond acceptors (Lipinski definition) is 4. The number of anilines is 1. The maximum Gasteiger partial charge on any atom is 0.329 e. The molecular weight excluding hydrogens is 266 g/mol. The van der Waals surface area contributed by atoms with E-state index in [4.69, 9.17) is 4.74 Å². The summed E-state index contributed by atoms with van der Waals surface area (Å²) in [5, 5.41) is 3.17. The van der Waals surface area contributed by atoms with Gasteiger partial charge in [0, 0.05) is 11.3 Å². The first-order chi connectivity index (χ1) is 9.60. The third-order valence-corrected chi connectivity index (χ3v) is 2.92. The van der Waals surface area contributed by atoms with E-state index < -0.39 is 11.6 Å². The fourth-order valence-electron chi connectivity index (χ4n) is 1.87. The Kier molecular flexibility index (Phi) is 5.53. The molecule has 1 atom stereocenters. The third-order valence-electron chi connectivity index (χ3n) is 2.92. The quantitative estimate of drug-likeness (QED) is 0.664. The summed E-state index contributed by atoms with van der Waals surface area (Å²) in [5.74, 6) is -0.219. The van der Waals surface area contributed by atoms with Gasteiger partial charge in [-0.05, 0) is 45.7 Å². The van der Waals surface area contributed by atoms with Gasteiger partial charge >= 0.3 is 5.97 Å². The fraction of sp³-hybridized carbons (Fsp3) is 0.529. The van der Waals surface area contributed by atoms with E-state index in [2.05, 4.69) is 5.32 Å².